The third kappa shape index (κ3) is 5.22. The summed E-state index contributed by atoms with van der Waals surface area (Å²) in [5.41, 5.74) is 2.19. The topological polar surface area (TPSA) is 125 Å². The first-order chi connectivity index (χ1) is 15.9. The van der Waals surface area contributed by atoms with Crippen molar-refractivity contribution in [3.05, 3.63) is 59.7 Å². The molecule has 0 saturated carbocycles. The van der Waals surface area contributed by atoms with E-state index >= 15 is 0 Å². The van der Waals surface area contributed by atoms with Crippen molar-refractivity contribution in [3.63, 3.8) is 0 Å². The van der Waals surface area contributed by atoms with Gasteiger partial charge in [-0.1, -0.05) is 48.5 Å². The zero-order chi connectivity index (χ0) is 25.1. The Labute approximate surface area is 199 Å². The molecule has 0 heterocycles. The van der Waals surface area contributed by atoms with Crippen LogP contribution < -0.4 is 10.6 Å². The Morgan fingerprint density at radius 1 is 0.971 bits per heavy atom. The summed E-state index contributed by atoms with van der Waals surface area (Å²) in [6.45, 7) is 6.23. The minimum Gasteiger partial charge on any atom is -0.481 e. The van der Waals surface area contributed by atoms with Crippen molar-refractivity contribution in [1.82, 2.24) is 10.6 Å². The standard InChI is InChI=1S/C26H32N2O6/c1-25(2,23(31)32)26(3,4)28-22(30)13-16(29)14-27-24(33)34-15-21-19-11-7-5-9-17(19)18-10-6-8-12-20(18)21/h5-12,16,21,29H,13-15H2,1-4H3,(H,27,33)(H,28,30)(H,31,32). The van der Waals surface area contributed by atoms with Gasteiger partial charge in [-0.25, -0.2) is 4.79 Å². The lowest BCUT2D eigenvalue weighted by atomic mass is 9.74. The van der Waals surface area contributed by atoms with Crippen LogP contribution in [0.15, 0.2) is 48.5 Å². The molecule has 0 radical (unpaired) electrons. The molecule has 1 unspecified atom stereocenters. The number of aliphatic hydroxyl groups excluding tert-OH is 1. The molecule has 0 bridgehead atoms. The quantitative estimate of drug-likeness (QED) is 0.448. The van der Waals surface area contributed by atoms with Crippen LogP contribution in [0.2, 0.25) is 0 Å². The molecule has 1 atom stereocenters. The Morgan fingerprint density at radius 3 is 2.03 bits per heavy atom. The fourth-order valence-electron chi connectivity index (χ4n) is 3.96. The Bertz CT molecular complexity index is 1030. The number of hydrogen-bond donors (Lipinski definition) is 4. The number of benzene rings is 2. The van der Waals surface area contributed by atoms with Crippen LogP contribution in [0, 0.1) is 5.41 Å². The van der Waals surface area contributed by atoms with Gasteiger partial charge in [0.1, 0.15) is 6.61 Å². The number of amides is 2. The summed E-state index contributed by atoms with van der Waals surface area (Å²) in [6, 6.07) is 16.0. The van der Waals surface area contributed by atoms with Gasteiger partial charge < -0.3 is 25.6 Å². The molecule has 8 nitrogen and oxygen atoms in total. The molecule has 0 spiro atoms. The summed E-state index contributed by atoms with van der Waals surface area (Å²) in [6.07, 6.45) is -2.12. The van der Waals surface area contributed by atoms with Gasteiger partial charge >= 0.3 is 12.1 Å². The second kappa shape index (κ2) is 9.85. The summed E-state index contributed by atoms with van der Waals surface area (Å²) < 4.78 is 5.42. The Hall–Kier alpha value is -3.39. The minimum absolute atomic E-state index is 0.0753. The monoisotopic (exact) mass is 468 g/mol. The zero-order valence-electron chi connectivity index (χ0n) is 19.9. The molecule has 0 aliphatic heterocycles. The predicted octanol–water partition coefficient (Wildman–Crippen LogP) is 3.28. The lowest BCUT2D eigenvalue weighted by Crippen LogP contribution is -2.57. The number of carboxylic acids is 1. The molecule has 8 heteroatoms. The maximum absolute atomic E-state index is 12.3. The van der Waals surface area contributed by atoms with Gasteiger partial charge in [0.05, 0.1) is 17.9 Å². The zero-order valence-corrected chi connectivity index (χ0v) is 19.9. The van der Waals surface area contributed by atoms with Crippen LogP contribution in [0.5, 0.6) is 0 Å². The Balaban J connectivity index is 1.48. The highest BCUT2D eigenvalue weighted by Crippen LogP contribution is 2.44. The maximum atomic E-state index is 12.3. The van der Waals surface area contributed by atoms with E-state index in [1.807, 2.05) is 36.4 Å². The largest absolute Gasteiger partial charge is 0.481 e. The molecule has 0 fully saturated rings. The first kappa shape index (κ1) is 25.2. The SMILES string of the molecule is CC(C)(NC(=O)CC(O)CNC(=O)OCC1c2ccccc2-c2ccccc21)C(C)(C)C(=O)O. The summed E-state index contributed by atoms with van der Waals surface area (Å²) in [5.74, 6) is -1.63. The van der Waals surface area contributed by atoms with E-state index < -0.39 is 35.0 Å². The van der Waals surface area contributed by atoms with Gasteiger partial charge in [-0.2, -0.15) is 0 Å². The van der Waals surface area contributed by atoms with Crippen molar-refractivity contribution in [2.75, 3.05) is 13.2 Å². The van der Waals surface area contributed by atoms with Crippen molar-refractivity contribution in [1.29, 1.82) is 0 Å². The second-order valence-corrected chi connectivity index (χ2v) is 9.67. The molecule has 1 aliphatic carbocycles. The van der Waals surface area contributed by atoms with Crippen molar-refractivity contribution in [3.8, 4) is 11.1 Å². The third-order valence-corrected chi connectivity index (χ3v) is 6.80. The van der Waals surface area contributed by atoms with E-state index in [2.05, 4.69) is 22.8 Å². The van der Waals surface area contributed by atoms with Crippen LogP contribution in [0.4, 0.5) is 4.79 Å². The third-order valence-electron chi connectivity index (χ3n) is 6.80. The molecule has 2 aromatic rings. The van der Waals surface area contributed by atoms with E-state index in [0.717, 1.165) is 22.3 Å². The molecule has 2 aromatic carbocycles. The molecule has 0 saturated heterocycles. The number of carboxylic acid groups (broad SMARTS) is 1. The highest BCUT2D eigenvalue weighted by atomic mass is 16.5. The molecular formula is C26H32N2O6. The number of nitrogens with one attached hydrogen (secondary N) is 2. The van der Waals surface area contributed by atoms with Crippen molar-refractivity contribution >= 4 is 18.0 Å². The Morgan fingerprint density at radius 2 is 1.50 bits per heavy atom. The van der Waals surface area contributed by atoms with Crippen LogP contribution in [0.1, 0.15) is 51.2 Å². The lowest BCUT2D eigenvalue weighted by molar-refractivity contribution is -0.151. The van der Waals surface area contributed by atoms with Crippen molar-refractivity contribution in [2.24, 2.45) is 5.41 Å². The lowest BCUT2D eigenvalue weighted by Gasteiger charge is -2.39. The number of hydrogen-bond acceptors (Lipinski definition) is 5. The number of aliphatic carboxylic acids is 1. The number of rotatable bonds is 9. The van der Waals surface area contributed by atoms with Crippen LogP contribution in [-0.4, -0.2) is 53.0 Å². The van der Waals surface area contributed by atoms with E-state index in [4.69, 9.17) is 4.74 Å². The predicted molar refractivity (Wildman–Crippen MR) is 127 cm³/mol. The van der Waals surface area contributed by atoms with Crippen molar-refractivity contribution in [2.45, 2.75) is 51.7 Å². The average Bonchev–Trinajstić information content (AvgIpc) is 3.09. The number of carbonyl (C=O) groups is 3. The highest BCUT2D eigenvalue weighted by molar-refractivity contribution is 5.81. The molecular weight excluding hydrogens is 436 g/mol. The molecule has 2 amide bonds. The minimum atomic E-state index is -1.22. The van der Waals surface area contributed by atoms with Crippen LogP contribution in [-0.2, 0) is 14.3 Å². The van der Waals surface area contributed by atoms with Gasteiger partial charge in [-0.15, -0.1) is 0 Å². The summed E-state index contributed by atoms with van der Waals surface area (Å²) in [7, 11) is 0. The molecule has 4 N–H and O–H groups in total. The number of fused-ring (bicyclic) bond motifs is 3. The van der Waals surface area contributed by atoms with Gasteiger partial charge in [-0.05, 0) is 49.9 Å². The van der Waals surface area contributed by atoms with Crippen molar-refractivity contribution < 1.29 is 29.3 Å². The van der Waals surface area contributed by atoms with Gasteiger partial charge in [0.2, 0.25) is 5.91 Å². The molecule has 34 heavy (non-hydrogen) atoms. The van der Waals surface area contributed by atoms with E-state index in [9.17, 15) is 24.6 Å². The summed E-state index contributed by atoms with van der Waals surface area (Å²) >= 11 is 0. The fraction of sp³-hybridized carbons (Fsp3) is 0.423. The maximum Gasteiger partial charge on any atom is 0.407 e. The van der Waals surface area contributed by atoms with Crippen LogP contribution >= 0.6 is 0 Å². The number of carbonyl (C=O) groups excluding carboxylic acids is 2. The first-order valence-electron chi connectivity index (χ1n) is 11.3. The second-order valence-electron chi connectivity index (χ2n) is 9.67. The average molecular weight is 469 g/mol. The molecule has 0 aromatic heterocycles. The van der Waals surface area contributed by atoms with E-state index in [0.29, 0.717) is 0 Å². The summed E-state index contributed by atoms with van der Waals surface area (Å²) in [4.78, 5) is 36.0. The Kier molecular flexibility index (Phi) is 7.31. The van der Waals surface area contributed by atoms with Gasteiger partial charge in [0.15, 0.2) is 0 Å². The summed E-state index contributed by atoms with van der Waals surface area (Å²) in [5, 5.41) is 24.7. The number of ether oxygens (including phenoxy) is 1. The van der Waals surface area contributed by atoms with Gasteiger partial charge in [-0.3, -0.25) is 9.59 Å². The smallest absolute Gasteiger partial charge is 0.407 e. The highest BCUT2D eigenvalue weighted by Gasteiger charge is 2.44. The molecule has 1 aliphatic rings. The normalized spacial score (nSPS) is 14.0. The molecule has 3 rings (SSSR count). The van der Waals surface area contributed by atoms with Gasteiger partial charge in [0.25, 0.3) is 0 Å². The van der Waals surface area contributed by atoms with E-state index in [-0.39, 0.29) is 25.5 Å². The van der Waals surface area contributed by atoms with E-state index in [1.165, 1.54) is 13.8 Å². The number of alkyl carbamates (subject to hydrolysis) is 1. The molecule has 182 valence electrons. The number of aliphatic hydroxyl groups is 1. The van der Waals surface area contributed by atoms with Crippen LogP contribution in [0.25, 0.3) is 11.1 Å². The van der Waals surface area contributed by atoms with Gasteiger partial charge in [0, 0.05) is 18.0 Å². The van der Waals surface area contributed by atoms with Crippen LogP contribution in [0.3, 0.4) is 0 Å². The van der Waals surface area contributed by atoms with E-state index in [1.54, 1.807) is 13.8 Å². The fourth-order valence-corrected chi connectivity index (χ4v) is 3.96. The first-order valence-corrected chi connectivity index (χ1v) is 11.3.